The monoisotopic (exact) mass is 408 g/mol. The van der Waals surface area contributed by atoms with Crippen molar-refractivity contribution in [2.75, 3.05) is 0 Å². The molecule has 0 saturated carbocycles. The summed E-state index contributed by atoms with van der Waals surface area (Å²) in [4.78, 5) is 11.4. The molecule has 2 aromatic carbocycles. The second kappa shape index (κ2) is 7.57. The van der Waals surface area contributed by atoms with E-state index in [2.05, 4.69) is 20.7 Å². The standard InChI is InChI=1S/C16H13BrN2O4S/c17-13-5-2-6-14(9-13)24(22,23)19-15(16(20)21)8-11-3-1-4-12(7-11)10-18/h1-7,9,15,19H,8H2,(H,20,21)/t15-/m0/s1. The van der Waals surface area contributed by atoms with Crippen molar-refractivity contribution in [2.24, 2.45) is 0 Å². The fourth-order valence-electron chi connectivity index (χ4n) is 2.07. The van der Waals surface area contributed by atoms with Gasteiger partial charge in [0.25, 0.3) is 0 Å². The number of hydrogen-bond donors (Lipinski definition) is 2. The molecule has 0 bridgehead atoms. The van der Waals surface area contributed by atoms with E-state index in [4.69, 9.17) is 5.26 Å². The number of aliphatic carboxylic acids is 1. The Hall–Kier alpha value is -2.21. The molecule has 2 rings (SSSR count). The van der Waals surface area contributed by atoms with E-state index in [0.717, 1.165) is 0 Å². The van der Waals surface area contributed by atoms with Gasteiger partial charge in [-0.15, -0.1) is 0 Å². The molecule has 24 heavy (non-hydrogen) atoms. The van der Waals surface area contributed by atoms with Gasteiger partial charge in [0.2, 0.25) is 10.0 Å². The van der Waals surface area contributed by atoms with Gasteiger partial charge >= 0.3 is 5.97 Å². The van der Waals surface area contributed by atoms with E-state index in [-0.39, 0.29) is 11.3 Å². The Labute approximate surface area is 147 Å². The molecule has 0 fully saturated rings. The molecule has 0 unspecified atom stereocenters. The summed E-state index contributed by atoms with van der Waals surface area (Å²) in [5, 5.41) is 18.2. The minimum absolute atomic E-state index is 0.0334. The number of nitrogens with one attached hydrogen (secondary N) is 1. The van der Waals surface area contributed by atoms with Crippen molar-refractivity contribution < 1.29 is 18.3 Å². The normalized spacial score (nSPS) is 12.3. The third kappa shape index (κ3) is 4.64. The maximum absolute atomic E-state index is 12.4. The number of sulfonamides is 1. The van der Waals surface area contributed by atoms with E-state index < -0.39 is 22.0 Å². The first-order chi connectivity index (χ1) is 11.3. The third-order valence-electron chi connectivity index (χ3n) is 3.20. The Morgan fingerprint density at radius 3 is 2.58 bits per heavy atom. The van der Waals surface area contributed by atoms with Crippen LogP contribution in [0.25, 0.3) is 0 Å². The number of carboxylic acids is 1. The first-order valence-electron chi connectivity index (χ1n) is 6.81. The van der Waals surface area contributed by atoms with Gasteiger partial charge < -0.3 is 5.11 Å². The van der Waals surface area contributed by atoms with E-state index in [1.165, 1.54) is 18.2 Å². The van der Waals surface area contributed by atoms with Crippen LogP contribution in [0.1, 0.15) is 11.1 Å². The molecule has 0 saturated heterocycles. The van der Waals surface area contributed by atoms with E-state index in [0.29, 0.717) is 15.6 Å². The van der Waals surface area contributed by atoms with Gasteiger partial charge in [-0.25, -0.2) is 8.42 Å². The quantitative estimate of drug-likeness (QED) is 0.762. The first-order valence-corrected chi connectivity index (χ1v) is 9.09. The summed E-state index contributed by atoms with van der Waals surface area (Å²) >= 11 is 3.18. The molecule has 2 N–H and O–H groups in total. The zero-order valence-electron chi connectivity index (χ0n) is 12.3. The molecular formula is C16H13BrN2O4S. The third-order valence-corrected chi connectivity index (χ3v) is 5.16. The number of rotatable bonds is 6. The molecule has 0 aromatic heterocycles. The summed E-state index contributed by atoms with van der Waals surface area (Å²) in [6.07, 6.45) is -0.0713. The van der Waals surface area contributed by atoms with Crippen LogP contribution < -0.4 is 4.72 Å². The number of hydrogen-bond acceptors (Lipinski definition) is 4. The molecule has 6 nitrogen and oxygen atoms in total. The highest BCUT2D eigenvalue weighted by atomic mass is 79.9. The molecule has 0 aliphatic rings. The molecule has 0 spiro atoms. The Balaban J connectivity index is 2.25. The number of benzene rings is 2. The summed E-state index contributed by atoms with van der Waals surface area (Å²) in [6, 6.07) is 13.0. The van der Waals surface area contributed by atoms with Gasteiger partial charge in [-0.05, 0) is 42.3 Å². The van der Waals surface area contributed by atoms with Crippen molar-refractivity contribution in [2.45, 2.75) is 17.4 Å². The van der Waals surface area contributed by atoms with E-state index >= 15 is 0 Å². The van der Waals surface area contributed by atoms with Crippen molar-refractivity contribution in [1.29, 1.82) is 5.26 Å². The smallest absolute Gasteiger partial charge is 0.322 e. The van der Waals surface area contributed by atoms with Crippen LogP contribution in [0.15, 0.2) is 57.9 Å². The fraction of sp³-hybridized carbons (Fsp3) is 0.125. The molecular weight excluding hydrogens is 396 g/mol. The summed E-state index contributed by atoms with van der Waals surface area (Å²) in [5.74, 6) is -1.30. The first kappa shape index (κ1) is 18.1. The zero-order valence-corrected chi connectivity index (χ0v) is 14.7. The van der Waals surface area contributed by atoms with E-state index in [1.54, 1.807) is 30.3 Å². The molecule has 2 aromatic rings. The van der Waals surface area contributed by atoms with Gasteiger partial charge in [0.1, 0.15) is 6.04 Å². The lowest BCUT2D eigenvalue weighted by Crippen LogP contribution is -2.42. The Morgan fingerprint density at radius 2 is 1.96 bits per heavy atom. The molecule has 0 heterocycles. The average Bonchev–Trinajstić information content (AvgIpc) is 2.54. The number of carbonyl (C=O) groups is 1. The molecule has 124 valence electrons. The Bertz CT molecular complexity index is 906. The second-order valence-electron chi connectivity index (χ2n) is 4.99. The van der Waals surface area contributed by atoms with Crippen molar-refractivity contribution in [3.63, 3.8) is 0 Å². The van der Waals surface area contributed by atoms with Crippen molar-refractivity contribution in [1.82, 2.24) is 4.72 Å². The predicted octanol–water partition coefficient (Wildman–Crippen LogP) is 2.29. The summed E-state index contributed by atoms with van der Waals surface area (Å²) in [6.45, 7) is 0. The highest BCUT2D eigenvalue weighted by Crippen LogP contribution is 2.17. The minimum Gasteiger partial charge on any atom is -0.480 e. The van der Waals surface area contributed by atoms with Crippen LogP contribution in [0.3, 0.4) is 0 Å². The van der Waals surface area contributed by atoms with Crippen LogP contribution in [-0.4, -0.2) is 25.5 Å². The number of carboxylic acid groups (broad SMARTS) is 1. The van der Waals surface area contributed by atoms with Gasteiger partial charge in [0.05, 0.1) is 16.5 Å². The van der Waals surface area contributed by atoms with Crippen molar-refractivity contribution >= 4 is 31.9 Å². The van der Waals surface area contributed by atoms with Gasteiger partial charge in [-0.2, -0.15) is 9.98 Å². The molecule has 0 amide bonds. The van der Waals surface area contributed by atoms with E-state index in [1.807, 2.05) is 6.07 Å². The second-order valence-corrected chi connectivity index (χ2v) is 7.62. The van der Waals surface area contributed by atoms with Gasteiger partial charge in [0.15, 0.2) is 0 Å². The van der Waals surface area contributed by atoms with Crippen LogP contribution in [0.2, 0.25) is 0 Å². The van der Waals surface area contributed by atoms with Crippen molar-refractivity contribution in [3.8, 4) is 6.07 Å². The highest BCUT2D eigenvalue weighted by Gasteiger charge is 2.25. The molecule has 0 aliphatic carbocycles. The minimum atomic E-state index is -3.99. The van der Waals surface area contributed by atoms with Gasteiger partial charge in [0, 0.05) is 4.47 Å². The maximum Gasteiger partial charge on any atom is 0.322 e. The predicted molar refractivity (Wildman–Crippen MR) is 90.7 cm³/mol. The summed E-state index contributed by atoms with van der Waals surface area (Å²) < 4.78 is 27.5. The maximum atomic E-state index is 12.4. The zero-order chi connectivity index (χ0) is 17.7. The number of halogens is 1. The fourth-order valence-corrected chi connectivity index (χ4v) is 3.86. The van der Waals surface area contributed by atoms with E-state index in [9.17, 15) is 18.3 Å². The lowest BCUT2D eigenvalue weighted by atomic mass is 10.0. The van der Waals surface area contributed by atoms with Crippen LogP contribution in [0.5, 0.6) is 0 Å². The number of nitriles is 1. The highest BCUT2D eigenvalue weighted by molar-refractivity contribution is 9.10. The lowest BCUT2D eigenvalue weighted by molar-refractivity contribution is -0.138. The molecule has 0 aliphatic heterocycles. The average molecular weight is 409 g/mol. The summed E-state index contributed by atoms with van der Waals surface area (Å²) in [5.41, 5.74) is 0.935. The SMILES string of the molecule is N#Cc1cccc(C[C@H](NS(=O)(=O)c2cccc(Br)c2)C(=O)O)c1. The Morgan fingerprint density at radius 1 is 1.25 bits per heavy atom. The Kier molecular flexibility index (Phi) is 5.72. The van der Waals surface area contributed by atoms with Gasteiger partial charge in [-0.3, -0.25) is 4.79 Å². The topological polar surface area (TPSA) is 107 Å². The van der Waals surface area contributed by atoms with Crippen LogP contribution in [0, 0.1) is 11.3 Å². The van der Waals surface area contributed by atoms with Crippen LogP contribution in [0.4, 0.5) is 0 Å². The molecule has 1 atom stereocenters. The van der Waals surface area contributed by atoms with Gasteiger partial charge in [-0.1, -0.05) is 34.1 Å². The largest absolute Gasteiger partial charge is 0.480 e. The summed E-state index contributed by atoms with van der Waals surface area (Å²) in [7, 11) is -3.99. The molecule has 8 heteroatoms. The van der Waals surface area contributed by atoms with Crippen LogP contribution in [-0.2, 0) is 21.2 Å². The lowest BCUT2D eigenvalue weighted by Gasteiger charge is -2.15. The number of nitrogens with zero attached hydrogens (tertiary/aromatic N) is 1. The van der Waals surface area contributed by atoms with Crippen LogP contribution >= 0.6 is 15.9 Å². The molecule has 0 radical (unpaired) electrons. The van der Waals surface area contributed by atoms with Crippen molar-refractivity contribution in [3.05, 3.63) is 64.1 Å².